The topological polar surface area (TPSA) is 72.9 Å². The van der Waals surface area contributed by atoms with E-state index in [1.807, 2.05) is 50.2 Å². The van der Waals surface area contributed by atoms with Crippen molar-refractivity contribution in [2.45, 2.75) is 52.3 Å². The highest BCUT2D eigenvalue weighted by atomic mass is 16.6. The van der Waals surface area contributed by atoms with Gasteiger partial charge >= 0.3 is 11.9 Å². The number of nitrogens with zero attached hydrogens (tertiary/aromatic N) is 1. The van der Waals surface area contributed by atoms with E-state index < -0.39 is 23.2 Å². The van der Waals surface area contributed by atoms with Gasteiger partial charge in [-0.15, -0.1) is 0 Å². The normalized spacial score (nSPS) is 20.8. The first-order valence-corrected chi connectivity index (χ1v) is 9.86. The van der Waals surface area contributed by atoms with E-state index in [9.17, 15) is 14.4 Å². The molecular weight excluding hydrogens is 370 g/mol. The van der Waals surface area contributed by atoms with Gasteiger partial charge in [-0.05, 0) is 43.5 Å². The van der Waals surface area contributed by atoms with Crippen LogP contribution in [0.4, 0.5) is 0 Å². The maximum atomic E-state index is 13.8. The van der Waals surface area contributed by atoms with Crippen LogP contribution in [0, 0.1) is 5.92 Å². The minimum absolute atomic E-state index is 0.197. The number of benzene rings is 2. The molecular formula is C23H27NO5. The lowest BCUT2D eigenvalue weighted by Crippen LogP contribution is -2.60. The van der Waals surface area contributed by atoms with E-state index in [-0.39, 0.29) is 24.9 Å². The van der Waals surface area contributed by atoms with Crippen LogP contribution in [0.1, 0.15) is 51.4 Å². The van der Waals surface area contributed by atoms with E-state index in [4.69, 9.17) is 9.47 Å². The third-order valence-electron chi connectivity index (χ3n) is 5.53. The van der Waals surface area contributed by atoms with E-state index in [2.05, 4.69) is 0 Å². The van der Waals surface area contributed by atoms with Crippen molar-refractivity contribution in [3.63, 3.8) is 0 Å². The van der Waals surface area contributed by atoms with Crippen molar-refractivity contribution in [2.75, 3.05) is 6.61 Å². The maximum Gasteiger partial charge on any atom is 0.335 e. The first-order valence-electron chi connectivity index (χ1n) is 9.86. The quantitative estimate of drug-likeness (QED) is 0.715. The van der Waals surface area contributed by atoms with Crippen LogP contribution in [0.2, 0.25) is 0 Å². The monoisotopic (exact) mass is 397 g/mol. The Morgan fingerprint density at radius 1 is 1.10 bits per heavy atom. The van der Waals surface area contributed by atoms with Gasteiger partial charge in [-0.1, -0.05) is 50.2 Å². The van der Waals surface area contributed by atoms with Crippen LogP contribution >= 0.6 is 0 Å². The number of carbonyl (C=O) groups excluding carboxylic acids is 3. The van der Waals surface area contributed by atoms with Crippen molar-refractivity contribution in [1.82, 2.24) is 4.90 Å². The van der Waals surface area contributed by atoms with E-state index in [1.54, 1.807) is 26.8 Å². The zero-order valence-corrected chi connectivity index (χ0v) is 17.5. The molecule has 1 amide bonds. The zero-order chi connectivity index (χ0) is 21.4. The van der Waals surface area contributed by atoms with Crippen molar-refractivity contribution in [2.24, 2.45) is 5.92 Å². The summed E-state index contributed by atoms with van der Waals surface area (Å²) in [5, 5.41) is 1.70. The molecule has 0 spiro atoms. The Labute approximate surface area is 170 Å². The number of rotatable bonds is 5. The molecule has 0 radical (unpaired) electrons. The number of ether oxygens (including phenoxy) is 2. The Bertz CT molecular complexity index is 959. The Morgan fingerprint density at radius 3 is 2.41 bits per heavy atom. The maximum absolute atomic E-state index is 13.8. The van der Waals surface area contributed by atoms with Gasteiger partial charge in [0.2, 0.25) is 0 Å². The number of fused-ring (bicyclic) bond motifs is 1. The molecule has 0 bridgehead atoms. The highest BCUT2D eigenvalue weighted by Crippen LogP contribution is 2.44. The average Bonchev–Trinajstić information content (AvgIpc) is 2.86. The molecule has 1 aliphatic heterocycles. The molecule has 2 aromatic carbocycles. The fraction of sp³-hybridized carbons (Fsp3) is 0.435. The number of amides is 1. The number of hydrogen-bond donors (Lipinski definition) is 0. The van der Waals surface area contributed by atoms with Crippen LogP contribution in [0.15, 0.2) is 42.5 Å². The summed E-state index contributed by atoms with van der Waals surface area (Å²) in [5.41, 5.74) is -2.19. The lowest BCUT2D eigenvalue weighted by atomic mass is 9.81. The Hall–Kier alpha value is -2.89. The summed E-state index contributed by atoms with van der Waals surface area (Å²) in [7, 11) is 0. The van der Waals surface area contributed by atoms with Gasteiger partial charge in [-0.3, -0.25) is 14.5 Å². The second kappa shape index (κ2) is 7.50. The lowest BCUT2D eigenvalue weighted by Gasteiger charge is -2.41. The number of hydrogen-bond acceptors (Lipinski definition) is 5. The van der Waals surface area contributed by atoms with Gasteiger partial charge in [0.05, 0.1) is 13.0 Å². The first-order chi connectivity index (χ1) is 13.6. The van der Waals surface area contributed by atoms with Gasteiger partial charge in [-0.25, -0.2) is 4.79 Å². The van der Waals surface area contributed by atoms with Crippen LogP contribution in [0.25, 0.3) is 10.8 Å². The highest BCUT2D eigenvalue weighted by Gasteiger charge is 2.63. The van der Waals surface area contributed by atoms with Crippen LogP contribution in [0.5, 0.6) is 0 Å². The molecule has 6 heteroatoms. The predicted octanol–water partition coefficient (Wildman–Crippen LogP) is 3.92. The Morgan fingerprint density at radius 2 is 1.76 bits per heavy atom. The third-order valence-corrected chi connectivity index (χ3v) is 5.53. The SMILES string of the molecule is CCOC(=O)C[C@]1(C(C)C)C(=O)OC(C)(C)N1C(=O)c1cccc2ccccc12. The number of esters is 2. The number of cyclic esters (lactones) is 1. The van der Waals surface area contributed by atoms with E-state index >= 15 is 0 Å². The van der Waals surface area contributed by atoms with Crippen molar-refractivity contribution in [3.05, 3.63) is 48.0 Å². The Kier molecular flexibility index (Phi) is 5.39. The Balaban J connectivity index is 2.17. The van der Waals surface area contributed by atoms with Gasteiger partial charge < -0.3 is 9.47 Å². The second-order valence-electron chi connectivity index (χ2n) is 8.06. The van der Waals surface area contributed by atoms with Crippen molar-refractivity contribution in [1.29, 1.82) is 0 Å². The van der Waals surface area contributed by atoms with Gasteiger partial charge in [0.15, 0.2) is 11.3 Å². The summed E-state index contributed by atoms with van der Waals surface area (Å²) < 4.78 is 10.7. The molecule has 1 saturated heterocycles. The minimum atomic E-state index is -1.44. The molecule has 3 rings (SSSR count). The largest absolute Gasteiger partial charge is 0.466 e. The molecule has 2 aromatic rings. The van der Waals surface area contributed by atoms with Crippen LogP contribution in [-0.4, -0.2) is 40.6 Å². The van der Waals surface area contributed by atoms with Gasteiger partial charge in [0, 0.05) is 5.56 Å². The summed E-state index contributed by atoms with van der Waals surface area (Å²) in [6.07, 6.45) is -0.253. The molecule has 1 heterocycles. The van der Waals surface area contributed by atoms with Crippen molar-refractivity contribution in [3.8, 4) is 0 Å². The molecule has 1 fully saturated rings. The van der Waals surface area contributed by atoms with E-state index in [1.165, 1.54) is 4.90 Å². The fourth-order valence-corrected chi connectivity index (χ4v) is 4.17. The molecule has 0 N–H and O–H groups in total. The van der Waals surface area contributed by atoms with Crippen molar-refractivity contribution >= 4 is 28.6 Å². The third kappa shape index (κ3) is 3.37. The molecule has 1 atom stereocenters. The second-order valence-corrected chi connectivity index (χ2v) is 8.06. The summed E-state index contributed by atoms with van der Waals surface area (Å²) in [4.78, 5) is 40.8. The molecule has 29 heavy (non-hydrogen) atoms. The summed E-state index contributed by atoms with van der Waals surface area (Å²) in [6.45, 7) is 8.86. The molecule has 0 saturated carbocycles. The predicted molar refractivity (Wildman–Crippen MR) is 109 cm³/mol. The summed E-state index contributed by atoms with van der Waals surface area (Å²) in [5.74, 6) is -1.83. The molecule has 6 nitrogen and oxygen atoms in total. The fourth-order valence-electron chi connectivity index (χ4n) is 4.17. The molecule has 0 aromatic heterocycles. The molecule has 0 unspecified atom stereocenters. The standard InChI is InChI=1S/C23H27NO5/c1-6-28-19(25)14-23(15(2)3)21(27)29-22(4,5)24(23)20(26)18-13-9-11-16-10-7-8-12-17(16)18/h7-13,15H,6,14H2,1-5H3/t23-/m0/s1. The van der Waals surface area contributed by atoms with Gasteiger partial charge in [0.25, 0.3) is 5.91 Å². The van der Waals surface area contributed by atoms with Crippen LogP contribution < -0.4 is 0 Å². The smallest absolute Gasteiger partial charge is 0.335 e. The number of carbonyl (C=O) groups is 3. The van der Waals surface area contributed by atoms with E-state index in [0.717, 1.165) is 10.8 Å². The average molecular weight is 397 g/mol. The highest BCUT2D eigenvalue weighted by molar-refractivity contribution is 6.10. The summed E-state index contributed by atoms with van der Waals surface area (Å²) >= 11 is 0. The molecule has 0 aliphatic carbocycles. The van der Waals surface area contributed by atoms with Crippen molar-refractivity contribution < 1.29 is 23.9 Å². The van der Waals surface area contributed by atoms with Gasteiger partial charge in [0.1, 0.15) is 0 Å². The summed E-state index contributed by atoms with van der Waals surface area (Å²) in [6, 6.07) is 13.0. The zero-order valence-electron chi connectivity index (χ0n) is 17.5. The van der Waals surface area contributed by atoms with Gasteiger partial charge in [-0.2, -0.15) is 0 Å². The molecule has 154 valence electrons. The minimum Gasteiger partial charge on any atom is -0.466 e. The van der Waals surface area contributed by atoms with E-state index in [0.29, 0.717) is 5.56 Å². The lowest BCUT2D eigenvalue weighted by molar-refractivity contribution is -0.155. The molecule has 1 aliphatic rings. The van der Waals surface area contributed by atoms with Crippen LogP contribution in [-0.2, 0) is 19.1 Å². The first kappa shape index (κ1) is 20.8. The van der Waals surface area contributed by atoms with Crippen LogP contribution in [0.3, 0.4) is 0 Å².